The van der Waals surface area contributed by atoms with Gasteiger partial charge in [0.1, 0.15) is 18.1 Å². The Labute approximate surface area is 177 Å². The quantitative estimate of drug-likeness (QED) is 0.782. The third-order valence-corrected chi connectivity index (χ3v) is 5.64. The second kappa shape index (κ2) is 9.49. The van der Waals surface area contributed by atoms with Gasteiger partial charge in [-0.05, 0) is 38.8 Å². The molecule has 2 aromatic rings. The van der Waals surface area contributed by atoms with Gasteiger partial charge in [0.15, 0.2) is 0 Å². The van der Waals surface area contributed by atoms with E-state index in [9.17, 15) is 4.79 Å². The van der Waals surface area contributed by atoms with Gasteiger partial charge in [-0.2, -0.15) is 0 Å². The van der Waals surface area contributed by atoms with Crippen molar-refractivity contribution in [3.8, 4) is 5.75 Å². The second-order valence-electron chi connectivity index (χ2n) is 7.92. The first kappa shape index (κ1) is 20.7. The van der Waals surface area contributed by atoms with E-state index in [0.29, 0.717) is 26.2 Å². The number of piperazine rings is 1. The number of ether oxygens (including phenoxy) is 2. The Balaban J connectivity index is 1.24. The molecule has 0 bridgehead atoms. The normalized spacial score (nSPS) is 19.8. The minimum absolute atomic E-state index is 0.0891. The Morgan fingerprint density at radius 1 is 1.27 bits per heavy atom. The smallest absolute Gasteiger partial charge is 0.321 e. The molecular formula is C22H30N4O4. The molecule has 1 unspecified atom stereocenters. The molecule has 30 heavy (non-hydrogen) atoms. The van der Waals surface area contributed by atoms with Gasteiger partial charge in [0.2, 0.25) is 5.89 Å². The standard InChI is InChI=1S/C22H30N4O4/c1-16-17(2)30-21(23-16)14-25-8-10-26(11-9-25)22(27)24-18-5-3-6-19(13-18)29-15-20-7-4-12-28-20/h3,5-6,13,20H,4,7-12,14-15H2,1-2H3,(H,24,27). The van der Waals surface area contributed by atoms with Gasteiger partial charge in [-0.15, -0.1) is 0 Å². The van der Waals surface area contributed by atoms with Gasteiger partial charge in [0.05, 0.1) is 18.3 Å². The number of aryl methyl sites for hydroxylation is 2. The first-order chi connectivity index (χ1) is 14.6. The maximum atomic E-state index is 12.7. The van der Waals surface area contributed by atoms with Crippen molar-refractivity contribution in [3.05, 3.63) is 41.6 Å². The van der Waals surface area contributed by atoms with Crippen LogP contribution in [0.3, 0.4) is 0 Å². The topological polar surface area (TPSA) is 80.1 Å². The summed E-state index contributed by atoms with van der Waals surface area (Å²) in [5.41, 5.74) is 1.67. The van der Waals surface area contributed by atoms with E-state index in [1.165, 1.54) is 0 Å². The van der Waals surface area contributed by atoms with E-state index in [1.54, 1.807) is 0 Å². The highest BCUT2D eigenvalue weighted by Gasteiger charge is 2.23. The van der Waals surface area contributed by atoms with Crippen molar-refractivity contribution in [2.45, 2.75) is 39.3 Å². The fourth-order valence-corrected chi connectivity index (χ4v) is 3.74. The predicted octanol–water partition coefficient (Wildman–Crippen LogP) is 3.20. The fourth-order valence-electron chi connectivity index (χ4n) is 3.74. The number of nitrogens with zero attached hydrogens (tertiary/aromatic N) is 3. The lowest BCUT2D eigenvalue weighted by Gasteiger charge is -2.34. The number of rotatable bonds is 6. The summed E-state index contributed by atoms with van der Waals surface area (Å²) in [5.74, 6) is 2.34. The molecule has 1 aromatic carbocycles. The lowest BCUT2D eigenvalue weighted by molar-refractivity contribution is 0.0680. The number of hydrogen-bond donors (Lipinski definition) is 1. The molecule has 0 radical (unpaired) electrons. The number of hydrogen-bond acceptors (Lipinski definition) is 6. The van der Waals surface area contributed by atoms with E-state index in [2.05, 4.69) is 15.2 Å². The number of benzene rings is 1. The Bertz CT molecular complexity index is 835. The average molecular weight is 415 g/mol. The van der Waals surface area contributed by atoms with Crippen LogP contribution >= 0.6 is 0 Å². The third-order valence-electron chi connectivity index (χ3n) is 5.64. The molecule has 2 saturated heterocycles. The Hall–Kier alpha value is -2.58. The van der Waals surface area contributed by atoms with Gasteiger partial charge in [0, 0.05) is 44.5 Å². The lowest BCUT2D eigenvalue weighted by atomic mass is 10.2. The first-order valence-corrected chi connectivity index (χ1v) is 10.6. The van der Waals surface area contributed by atoms with E-state index in [1.807, 2.05) is 43.0 Å². The predicted molar refractivity (Wildman–Crippen MR) is 113 cm³/mol. The molecule has 0 saturated carbocycles. The van der Waals surface area contributed by atoms with E-state index in [-0.39, 0.29) is 12.1 Å². The summed E-state index contributed by atoms with van der Waals surface area (Å²) in [6.45, 7) is 8.83. The number of urea groups is 1. The Morgan fingerprint density at radius 3 is 2.80 bits per heavy atom. The zero-order valence-electron chi connectivity index (χ0n) is 17.7. The fraction of sp³-hybridized carbons (Fsp3) is 0.545. The summed E-state index contributed by atoms with van der Waals surface area (Å²) in [7, 11) is 0. The Kier molecular flexibility index (Phi) is 6.54. The van der Waals surface area contributed by atoms with Crippen LogP contribution in [0.2, 0.25) is 0 Å². The monoisotopic (exact) mass is 414 g/mol. The molecule has 8 nitrogen and oxygen atoms in total. The molecule has 3 heterocycles. The molecule has 2 amide bonds. The van der Waals surface area contributed by atoms with Crippen molar-refractivity contribution in [2.24, 2.45) is 0 Å². The summed E-state index contributed by atoms with van der Waals surface area (Å²) < 4.78 is 17.1. The van der Waals surface area contributed by atoms with Gasteiger partial charge >= 0.3 is 6.03 Å². The zero-order valence-corrected chi connectivity index (χ0v) is 17.7. The van der Waals surface area contributed by atoms with Crippen LogP contribution in [0.15, 0.2) is 28.7 Å². The van der Waals surface area contributed by atoms with Gasteiger partial charge in [0.25, 0.3) is 0 Å². The molecule has 1 N–H and O–H groups in total. The summed E-state index contributed by atoms with van der Waals surface area (Å²) in [4.78, 5) is 21.2. The van der Waals surface area contributed by atoms with Crippen LogP contribution < -0.4 is 10.1 Å². The largest absolute Gasteiger partial charge is 0.491 e. The van der Waals surface area contributed by atoms with Gasteiger partial charge in [-0.25, -0.2) is 9.78 Å². The molecule has 2 aliphatic rings. The van der Waals surface area contributed by atoms with Crippen molar-refractivity contribution in [1.82, 2.24) is 14.8 Å². The molecule has 0 aliphatic carbocycles. The Morgan fingerprint density at radius 2 is 2.10 bits per heavy atom. The van der Waals surface area contributed by atoms with Crippen LogP contribution in [0.1, 0.15) is 30.2 Å². The van der Waals surface area contributed by atoms with Crippen LogP contribution in [0.4, 0.5) is 10.5 Å². The number of nitrogens with one attached hydrogen (secondary N) is 1. The summed E-state index contributed by atoms with van der Waals surface area (Å²) in [6.07, 6.45) is 2.30. The summed E-state index contributed by atoms with van der Waals surface area (Å²) in [6, 6.07) is 7.43. The SMILES string of the molecule is Cc1nc(CN2CCN(C(=O)Nc3cccc(OCC4CCCO4)c3)CC2)oc1C. The van der Waals surface area contributed by atoms with Crippen molar-refractivity contribution < 1.29 is 18.7 Å². The van der Waals surface area contributed by atoms with Crippen LogP contribution in [0.25, 0.3) is 0 Å². The molecule has 2 fully saturated rings. The third kappa shape index (κ3) is 5.31. The van der Waals surface area contributed by atoms with E-state index in [0.717, 1.165) is 61.3 Å². The van der Waals surface area contributed by atoms with E-state index in [4.69, 9.17) is 13.9 Å². The van der Waals surface area contributed by atoms with Crippen LogP contribution in [-0.4, -0.2) is 66.3 Å². The number of amides is 2. The van der Waals surface area contributed by atoms with Crippen molar-refractivity contribution in [3.63, 3.8) is 0 Å². The van der Waals surface area contributed by atoms with E-state index >= 15 is 0 Å². The average Bonchev–Trinajstić information content (AvgIpc) is 3.37. The number of oxazole rings is 1. The van der Waals surface area contributed by atoms with Gasteiger partial charge in [-0.1, -0.05) is 6.07 Å². The molecule has 1 aromatic heterocycles. The lowest BCUT2D eigenvalue weighted by Crippen LogP contribution is -2.49. The molecule has 4 rings (SSSR count). The van der Waals surface area contributed by atoms with Crippen molar-refractivity contribution in [1.29, 1.82) is 0 Å². The summed E-state index contributed by atoms with van der Waals surface area (Å²) in [5, 5.41) is 2.98. The maximum Gasteiger partial charge on any atom is 0.321 e. The zero-order chi connectivity index (χ0) is 20.9. The van der Waals surface area contributed by atoms with Crippen molar-refractivity contribution >= 4 is 11.7 Å². The van der Waals surface area contributed by atoms with Crippen LogP contribution in [0, 0.1) is 13.8 Å². The minimum atomic E-state index is -0.0891. The highest BCUT2D eigenvalue weighted by molar-refractivity contribution is 5.89. The van der Waals surface area contributed by atoms with Crippen LogP contribution in [-0.2, 0) is 11.3 Å². The van der Waals surface area contributed by atoms with Crippen molar-refractivity contribution in [2.75, 3.05) is 44.7 Å². The van der Waals surface area contributed by atoms with Gasteiger partial charge < -0.3 is 24.1 Å². The van der Waals surface area contributed by atoms with Crippen LogP contribution in [0.5, 0.6) is 5.75 Å². The highest BCUT2D eigenvalue weighted by Crippen LogP contribution is 2.20. The molecule has 8 heteroatoms. The second-order valence-corrected chi connectivity index (χ2v) is 7.92. The van der Waals surface area contributed by atoms with Gasteiger partial charge in [-0.3, -0.25) is 4.90 Å². The maximum absolute atomic E-state index is 12.7. The number of aromatic nitrogens is 1. The molecule has 162 valence electrons. The highest BCUT2D eigenvalue weighted by atomic mass is 16.5. The molecule has 0 spiro atoms. The first-order valence-electron chi connectivity index (χ1n) is 10.6. The number of carbonyl (C=O) groups is 1. The number of carbonyl (C=O) groups excluding carboxylic acids is 1. The number of anilines is 1. The summed E-state index contributed by atoms with van der Waals surface area (Å²) >= 11 is 0. The molecular weight excluding hydrogens is 384 g/mol. The molecule has 2 aliphatic heterocycles. The van der Waals surface area contributed by atoms with E-state index < -0.39 is 0 Å². The molecule has 1 atom stereocenters. The minimum Gasteiger partial charge on any atom is -0.491 e.